The van der Waals surface area contributed by atoms with Crippen molar-refractivity contribution in [2.75, 3.05) is 19.8 Å². The lowest BCUT2D eigenvalue weighted by molar-refractivity contribution is -0.183. The molecule has 0 spiro atoms. The van der Waals surface area contributed by atoms with E-state index >= 15 is 0 Å². The fraction of sp³-hybridized carbons (Fsp3) is 0.900. The van der Waals surface area contributed by atoms with Crippen LogP contribution in [0, 0.1) is 0 Å². The lowest BCUT2D eigenvalue weighted by atomic mass is 9.97. The summed E-state index contributed by atoms with van der Waals surface area (Å²) in [6, 6.07) is -0.493. The van der Waals surface area contributed by atoms with E-state index in [9.17, 15) is 15.0 Å². The van der Waals surface area contributed by atoms with Gasteiger partial charge in [0.05, 0.1) is 19.3 Å². The molecule has 0 bridgehead atoms. The molecular weight excluding hydrogens is 214 g/mol. The average Bonchev–Trinajstić information content (AvgIpc) is 2.69. The molecule has 0 aromatic heterocycles. The maximum Gasteiger partial charge on any atom is 0.223 e. The zero-order chi connectivity index (χ0) is 11.7. The maximum atomic E-state index is 11.5. The number of carbonyl (C=O) groups is 1. The van der Waals surface area contributed by atoms with Crippen LogP contribution in [0.3, 0.4) is 0 Å². The molecule has 2 rings (SSSR count). The van der Waals surface area contributed by atoms with Crippen LogP contribution in [0.1, 0.15) is 12.8 Å². The third kappa shape index (κ3) is 1.93. The summed E-state index contributed by atoms with van der Waals surface area (Å²) in [5.74, 6) is -0.0118. The van der Waals surface area contributed by atoms with Crippen molar-refractivity contribution in [3.8, 4) is 0 Å². The number of aliphatic hydroxyl groups is 3. The second-order valence-electron chi connectivity index (χ2n) is 4.29. The zero-order valence-corrected chi connectivity index (χ0v) is 8.95. The molecule has 92 valence electrons. The summed E-state index contributed by atoms with van der Waals surface area (Å²) in [6.45, 7) is 0.425. The molecule has 0 radical (unpaired) electrons. The van der Waals surface area contributed by atoms with Gasteiger partial charge in [-0.25, -0.2) is 0 Å². The molecule has 6 nitrogen and oxygen atoms in total. The monoisotopic (exact) mass is 231 g/mol. The number of nitrogens with zero attached hydrogens (tertiary/aromatic N) is 1. The lowest BCUT2D eigenvalue weighted by Crippen LogP contribution is -2.60. The molecular formula is C10H17NO5. The lowest BCUT2D eigenvalue weighted by Gasteiger charge is -2.40. The van der Waals surface area contributed by atoms with Gasteiger partial charge in [0.1, 0.15) is 18.3 Å². The molecule has 0 aliphatic carbocycles. The number of amides is 1. The van der Waals surface area contributed by atoms with Crippen LogP contribution in [0.4, 0.5) is 0 Å². The van der Waals surface area contributed by atoms with Crippen LogP contribution >= 0.6 is 0 Å². The molecule has 6 heteroatoms. The van der Waals surface area contributed by atoms with E-state index in [0.717, 1.165) is 6.42 Å². The Labute approximate surface area is 93.4 Å². The van der Waals surface area contributed by atoms with Crippen LogP contribution in [0.25, 0.3) is 0 Å². The van der Waals surface area contributed by atoms with Crippen molar-refractivity contribution in [1.29, 1.82) is 0 Å². The van der Waals surface area contributed by atoms with Gasteiger partial charge in [0, 0.05) is 13.0 Å². The fourth-order valence-corrected chi connectivity index (χ4v) is 2.32. The largest absolute Gasteiger partial charge is 0.394 e. The Morgan fingerprint density at radius 1 is 1.38 bits per heavy atom. The number of carbonyl (C=O) groups excluding carboxylic acids is 1. The highest BCUT2D eigenvalue weighted by Gasteiger charge is 2.43. The summed E-state index contributed by atoms with van der Waals surface area (Å²) < 4.78 is 5.23. The van der Waals surface area contributed by atoms with Crippen molar-refractivity contribution in [2.45, 2.75) is 37.2 Å². The van der Waals surface area contributed by atoms with E-state index in [0.29, 0.717) is 13.0 Å². The number of rotatable bonds is 2. The second kappa shape index (κ2) is 4.67. The van der Waals surface area contributed by atoms with Gasteiger partial charge in [0.15, 0.2) is 0 Å². The first-order chi connectivity index (χ1) is 7.65. The molecule has 16 heavy (non-hydrogen) atoms. The van der Waals surface area contributed by atoms with Gasteiger partial charge in [-0.3, -0.25) is 4.79 Å². The molecule has 4 atom stereocenters. The van der Waals surface area contributed by atoms with E-state index in [2.05, 4.69) is 0 Å². The van der Waals surface area contributed by atoms with Gasteiger partial charge >= 0.3 is 0 Å². The highest BCUT2D eigenvalue weighted by Crippen LogP contribution is 2.23. The first-order valence-corrected chi connectivity index (χ1v) is 5.53. The Kier molecular flexibility index (Phi) is 3.44. The summed E-state index contributed by atoms with van der Waals surface area (Å²) in [5, 5.41) is 28.5. The minimum Gasteiger partial charge on any atom is -0.394 e. The van der Waals surface area contributed by atoms with Gasteiger partial charge in [-0.15, -0.1) is 0 Å². The van der Waals surface area contributed by atoms with Crippen LogP contribution in [0.2, 0.25) is 0 Å². The van der Waals surface area contributed by atoms with Crippen LogP contribution in [0.5, 0.6) is 0 Å². The van der Waals surface area contributed by atoms with E-state index in [1.165, 1.54) is 0 Å². The quantitative estimate of drug-likeness (QED) is 0.516. The topological polar surface area (TPSA) is 90.2 Å². The number of aliphatic hydroxyl groups excluding tert-OH is 3. The Hall–Kier alpha value is -0.690. The van der Waals surface area contributed by atoms with E-state index in [-0.39, 0.29) is 19.1 Å². The highest BCUT2D eigenvalue weighted by atomic mass is 16.5. The molecule has 2 aliphatic heterocycles. The summed E-state index contributed by atoms with van der Waals surface area (Å²) >= 11 is 0. The minimum atomic E-state index is -1.14. The van der Waals surface area contributed by atoms with E-state index in [4.69, 9.17) is 9.84 Å². The molecule has 0 aromatic carbocycles. The van der Waals surface area contributed by atoms with Gasteiger partial charge in [0.2, 0.25) is 5.91 Å². The van der Waals surface area contributed by atoms with E-state index < -0.39 is 24.4 Å². The minimum absolute atomic E-state index is 0.0118. The van der Waals surface area contributed by atoms with Crippen molar-refractivity contribution in [1.82, 2.24) is 4.90 Å². The smallest absolute Gasteiger partial charge is 0.223 e. The molecule has 1 amide bonds. The molecule has 3 N–H and O–H groups in total. The Balaban J connectivity index is 2.04. The van der Waals surface area contributed by atoms with Gasteiger partial charge in [-0.05, 0) is 6.42 Å². The van der Waals surface area contributed by atoms with Gasteiger partial charge in [-0.2, -0.15) is 0 Å². The van der Waals surface area contributed by atoms with Gasteiger partial charge in [-0.1, -0.05) is 0 Å². The number of hydrogen-bond donors (Lipinski definition) is 3. The predicted octanol–water partition coefficient (Wildman–Crippen LogP) is -1.91. The molecule has 2 saturated heterocycles. The summed E-state index contributed by atoms with van der Waals surface area (Å²) in [7, 11) is 0. The SMILES string of the molecule is O=C1CCCN1C1COC(CO)[C@@H](O)C1O. The number of likely N-dealkylation sites (tertiary alicyclic amines) is 1. The van der Waals surface area contributed by atoms with Crippen molar-refractivity contribution < 1.29 is 24.9 Å². The standard InChI is InChI=1S/C10H17NO5/c12-4-7-10(15)9(14)6(5-16-7)11-3-1-2-8(11)13/h6-7,9-10,12,14-15H,1-5H2/t6?,7?,9?,10-/m1/s1. The summed E-state index contributed by atoms with van der Waals surface area (Å²) in [4.78, 5) is 13.1. The summed E-state index contributed by atoms with van der Waals surface area (Å²) in [5.41, 5.74) is 0. The molecule has 2 aliphatic rings. The molecule has 2 heterocycles. The van der Waals surface area contributed by atoms with E-state index in [1.807, 2.05) is 0 Å². The normalized spacial score (nSPS) is 40.4. The molecule has 0 saturated carbocycles. The number of hydrogen-bond acceptors (Lipinski definition) is 5. The van der Waals surface area contributed by atoms with Gasteiger partial charge < -0.3 is 25.0 Å². The first kappa shape index (κ1) is 11.8. The molecule has 3 unspecified atom stereocenters. The van der Waals surface area contributed by atoms with Gasteiger partial charge in [0.25, 0.3) is 0 Å². The first-order valence-electron chi connectivity index (χ1n) is 5.53. The molecule has 2 fully saturated rings. The van der Waals surface area contributed by atoms with Crippen LogP contribution in [-0.4, -0.2) is 70.2 Å². The third-order valence-electron chi connectivity index (χ3n) is 3.30. The zero-order valence-electron chi connectivity index (χ0n) is 8.95. The van der Waals surface area contributed by atoms with Crippen molar-refractivity contribution >= 4 is 5.91 Å². The molecule has 0 aromatic rings. The second-order valence-corrected chi connectivity index (χ2v) is 4.29. The van der Waals surface area contributed by atoms with Crippen LogP contribution < -0.4 is 0 Å². The summed E-state index contributed by atoms with van der Waals surface area (Å²) in [6.07, 6.45) is -1.68. The maximum absolute atomic E-state index is 11.5. The number of ether oxygens (including phenoxy) is 1. The van der Waals surface area contributed by atoms with E-state index in [1.54, 1.807) is 4.90 Å². The third-order valence-corrected chi connectivity index (χ3v) is 3.30. The average molecular weight is 231 g/mol. The Morgan fingerprint density at radius 3 is 2.69 bits per heavy atom. The van der Waals surface area contributed by atoms with Crippen LogP contribution in [-0.2, 0) is 9.53 Å². The highest BCUT2D eigenvalue weighted by molar-refractivity contribution is 5.78. The Morgan fingerprint density at radius 2 is 2.12 bits per heavy atom. The fourth-order valence-electron chi connectivity index (χ4n) is 2.32. The van der Waals surface area contributed by atoms with Crippen molar-refractivity contribution in [3.05, 3.63) is 0 Å². The Bertz CT molecular complexity index is 272. The van der Waals surface area contributed by atoms with Crippen molar-refractivity contribution in [2.24, 2.45) is 0 Å². The predicted molar refractivity (Wildman–Crippen MR) is 53.6 cm³/mol. The van der Waals surface area contributed by atoms with Crippen molar-refractivity contribution in [3.63, 3.8) is 0 Å². The van der Waals surface area contributed by atoms with Crippen LogP contribution in [0.15, 0.2) is 0 Å².